The van der Waals surface area contributed by atoms with E-state index < -0.39 is 0 Å². The summed E-state index contributed by atoms with van der Waals surface area (Å²) in [6, 6.07) is 5.13. The van der Waals surface area contributed by atoms with Gasteiger partial charge in [0, 0.05) is 31.3 Å². The van der Waals surface area contributed by atoms with Gasteiger partial charge in [0.05, 0.1) is 6.10 Å². The maximum Gasteiger partial charge on any atom is 0.342 e. The first-order valence-electron chi connectivity index (χ1n) is 9.09. The standard InChI is InChI=1S/C19H24N4O4/c1-12(2)26-19(25)15-5-4-8-20-17(15)23-9-6-14(7-10-23)18(24)21-16-11-13(3)27-22-16/h4-5,8,11-12,14H,6-7,9-10H2,1-3H3,(H,21,22,24). The monoisotopic (exact) mass is 372 g/mol. The van der Waals surface area contributed by atoms with Gasteiger partial charge >= 0.3 is 5.97 Å². The number of ether oxygens (including phenoxy) is 1. The van der Waals surface area contributed by atoms with Crippen molar-refractivity contribution in [2.24, 2.45) is 5.92 Å². The van der Waals surface area contributed by atoms with Crippen molar-refractivity contribution in [2.45, 2.75) is 39.7 Å². The van der Waals surface area contributed by atoms with Crippen LogP contribution >= 0.6 is 0 Å². The third-order valence-corrected chi connectivity index (χ3v) is 4.39. The molecule has 2 aromatic heterocycles. The molecular weight excluding hydrogens is 348 g/mol. The molecule has 0 spiro atoms. The van der Waals surface area contributed by atoms with E-state index in [0.717, 1.165) is 0 Å². The fourth-order valence-corrected chi connectivity index (χ4v) is 3.09. The third-order valence-electron chi connectivity index (χ3n) is 4.39. The van der Waals surface area contributed by atoms with Crippen LogP contribution in [-0.2, 0) is 9.53 Å². The molecule has 0 radical (unpaired) electrons. The van der Waals surface area contributed by atoms with E-state index in [0.29, 0.717) is 48.9 Å². The van der Waals surface area contributed by atoms with E-state index in [1.807, 2.05) is 18.7 Å². The average Bonchev–Trinajstić information content (AvgIpc) is 3.06. The lowest BCUT2D eigenvalue weighted by Crippen LogP contribution is -2.39. The summed E-state index contributed by atoms with van der Waals surface area (Å²) in [5, 5.41) is 6.58. The number of amides is 1. The summed E-state index contributed by atoms with van der Waals surface area (Å²) in [5.41, 5.74) is 0.451. The van der Waals surface area contributed by atoms with Crippen LogP contribution in [0.4, 0.5) is 11.6 Å². The molecule has 2 aromatic rings. The van der Waals surface area contributed by atoms with Crippen molar-refractivity contribution >= 4 is 23.5 Å². The first-order chi connectivity index (χ1) is 12.9. The highest BCUT2D eigenvalue weighted by atomic mass is 16.5. The maximum atomic E-state index is 12.4. The van der Waals surface area contributed by atoms with Gasteiger partial charge in [0.2, 0.25) is 5.91 Å². The average molecular weight is 372 g/mol. The Morgan fingerprint density at radius 2 is 2.07 bits per heavy atom. The molecule has 3 heterocycles. The predicted octanol–water partition coefficient (Wildman–Crippen LogP) is 2.80. The Hall–Kier alpha value is -2.90. The van der Waals surface area contributed by atoms with Gasteiger partial charge < -0.3 is 19.5 Å². The second-order valence-electron chi connectivity index (χ2n) is 6.90. The molecule has 8 heteroatoms. The van der Waals surface area contributed by atoms with Gasteiger partial charge in [-0.3, -0.25) is 4.79 Å². The molecule has 0 atom stereocenters. The highest BCUT2D eigenvalue weighted by molar-refractivity contribution is 5.95. The van der Waals surface area contributed by atoms with Gasteiger partial charge in [-0.2, -0.15) is 0 Å². The van der Waals surface area contributed by atoms with E-state index in [2.05, 4.69) is 15.5 Å². The number of aryl methyl sites for hydroxylation is 1. The molecule has 8 nitrogen and oxygen atoms in total. The van der Waals surface area contributed by atoms with Crippen LogP contribution in [0.3, 0.4) is 0 Å². The Labute approximate surface area is 157 Å². The number of nitrogens with zero attached hydrogens (tertiary/aromatic N) is 3. The van der Waals surface area contributed by atoms with E-state index in [4.69, 9.17) is 9.26 Å². The SMILES string of the molecule is Cc1cc(NC(=O)C2CCN(c3ncccc3C(=O)OC(C)C)CC2)no1. The van der Waals surface area contributed by atoms with Crippen molar-refractivity contribution in [3.8, 4) is 0 Å². The molecule has 3 rings (SSSR count). The van der Waals surface area contributed by atoms with Crippen molar-refractivity contribution in [1.29, 1.82) is 0 Å². The molecule has 0 unspecified atom stereocenters. The molecular formula is C19H24N4O4. The Morgan fingerprint density at radius 3 is 2.70 bits per heavy atom. The first kappa shape index (κ1) is 18.9. The number of hydrogen-bond acceptors (Lipinski definition) is 7. The fraction of sp³-hybridized carbons (Fsp3) is 0.474. The van der Waals surface area contributed by atoms with Gasteiger partial charge in [-0.15, -0.1) is 0 Å². The number of rotatable bonds is 5. The van der Waals surface area contributed by atoms with Gasteiger partial charge in [0.25, 0.3) is 0 Å². The minimum absolute atomic E-state index is 0.0663. The van der Waals surface area contributed by atoms with Crippen LogP contribution in [0.15, 0.2) is 28.9 Å². The maximum absolute atomic E-state index is 12.4. The van der Waals surface area contributed by atoms with E-state index in [-0.39, 0.29) is 23.9 Å². The molecule has 1 aliphatic rings. The van der Waals surface area contributed by atoms with E-state index in [1.54, 1.807) is 31.3 Å². The van der Waals surface area contributed by atoms with Crippen LogP contribution < -0.4 is 10.2 Å². The first-order valence-corrected chi connectivity index (χ1v) is 9.09. The lowest BCUT2D eigenvalue weighted by Gasteiger charge is -2.32. The van der Waals surface area contributed by atoms with Crippen molar-refractivity contribution < 1.29 is 18.8 Å². The highest BCUT2D eigenvalue weighted by Crippen LogP contribution is 2.26. The summed E-state index contributed by atoms with van der Waals surface area (Å²) in [6.45, 7) is 6.67. The van der Waals surface area contributed by atoms with Crippen LogP contribution in [0.2, 0.25) is 0 Å². The minimum atomic E-state index is -0.380. The molecule has 1 amide bonds. The molecule has 0 saturated carbocycles. The number of carbonyl (C=O) groups is 2. The zero-order valence-electron chi connectivity index (χ0n) is 15.8. The van der Waals surface area contributed by atoms with Gasteiger partial charge in [-0.25, -0.2) is 9.78 Å². The fourth-order valence-electron chi connectivity index (χ4n) is 3.09. The minimum Gasteiger partial charge on any atom is -0.459 e. The number of piperidine rings is 1. The third kappa shape index (κ3) is 4.64. The Balaban J connectivity index is 1.62. The van der Waals surface area contributed by atoms with Gasteiger partial charge in [-0.1, -0.05) is 5.16 Å². The largest absolute Gasteiger partial charge is 0.459 e. The molecule has 1 fully saturated rings. The Morgan fingerprint density at radius 1 is 1.33 bits per heavy atom. The topological polar surface area (TPSA) is 97.6 Å². The van der Waals surface area contributed by atoms with Crippen LogP contribution in [-0.4, -0.2) is 41.2 Å². The van der Waals surface area contributed by atoms with Crippen molar-refractivity contribution in [3.05, 3.63) is 35.7 Å². The number of esters is 1. The Bertz CT molecular complexity index is 810. The molecule has 1 saturated heterocycles. The van der Waals surface area contributed by atoms with Crippen molar-refractivity contribution in [1.82, 2.24) is 10.1 Å². The smallest absolute Gasteiger partial charge is 0.342 e. The van der Waals surface area contributed by atoms with E-state index in [9.17, 15) is 9.59 Å². The van der Waals surface area contributed by atoms with Crippen LogP contribution in [0.1, 0.15) is 42.8 Å². The summed E-state index contributed by atoms with van der Waals surface area (Å²) in [7, 11) is 0. The lowest BCUT2D eigenvalue weighted by atomic mass is 9.95. The van der Waals surface area contributed by atoms with Gasteiger partial charge in [0.15, 0.2) is 5.82 Å². The summed E-state index contributed by atoms with van der Waals surface area (Å²) >= 11 is 0. The second kappa shape index (κ2) is 8.20. The number of pyridine rings is 1. The summed E-state index contributed by atoms with van der Waals surface area (Å²) in [4.78, 5) is 31.1. The number of nitrogens with one attached hydrogen (secondary N) is 1. The normalized spacial score (nSPS) is 15.0. The predicted molar refractivity (Wildman–Crippen MR) is 99.6 cm³/mol. The van der Waals surface area contributed by atoms with Gasteiger partial charge in [0.1, 0.15) is 17.1 Å². The molecule has 0 aliphatic carbocycles. The number of anilines is 2. The summed E-state index contributed by atoms with van der Waals surface area (Å²) in [6.07, 6.45) is 2.79. The van der Waals surface area contributed by atoms with Crippen LogP contribution in [0.5, 0.6) is 0 Å². The zero-order valence-corrected chi connectivity index (χ0v) is 15.8. The quantitative estimate of drug-likeness (QED) is 0.806. The molecule has 144 valence electrons. The summed E-state index contributed by atoms with van der Waals surface area (Å²) in [5.74, 6) is 1.12. The zero-order chi connectivity index (χ0) is 19.4. The number of aromatic nitrogens is 2. The Kier molecular flexibility index (Phi) is 5.73. The molecule has 27 heavy (non-hydrogen) atoms. The van der Waals surface area contributed by atoms with E-state index in [1.165, 1.54) is 0 Å². The highest BCUT2D eigenvalue weighted by Gasteiger charge is 2.28. The van der Waals surface area contributed by atoms with Crippen molar-refractivity contribution in [2.75, 3.05) is 23.3 Å². The van der Waals surface area contributed by atoms with E-state index >= 15 is 0 Å². The summed E-state index contributed by atoms with van der Waals surface area (Å²) < 4.78 is 10.3. The second-order valence-corrected chi connectivity index (χ2v) is 6.90. The molecule has 1 aliphatic heterocycles. The van der Waals surface area contributed by atoms with Gasteiger partial charge in [-0.05, 0) is 45.7 Å². The van der Waals surface area contributed by atoms with Crippen molar-refractivity contribution in [3.63, 3.8) is 0 Å². The molecule has 0 aromatic carbocycles. The lowest BCUT2D eigenvalue weighted by molar-refractivity contribution is -0.120. The number of hydrogen-bond donors (Lipinski definition) is 1. The number of carbonyl (C=O) groups excluding carboxylic acids is 2. The van der Waals surface area contributed by atoms with Crippen LogP contribution in [0.25, 0.3) is 0 Å². The molecule has 1 N–H and O–H groups in total. The van der Waals surface area contributed by atoms with Crippen LogP contribution in [0, 0.1) is 12.8 Å². The molecule has 0 bridgehead atoms.